The van der Waals surface area contributed by atoms with Crippen molar-refractivity contribution in [1.29, 1.82) is 5.26 Å². The average Bonchev–Trinajstić information content (AvgIpc) is 3.32. The number of nitrogens with zero attached hydrogens (tertiary/aromatic N) is 4. The van der Waals surface area contributed by atoms with Crippen molar-refractivity contribution in [2.24, 2.45) is 0 Å². The molecule has 0 spiro atoms. The number of benzene rings is 2. The fourth-order valence-electron chi connectivity index (χ4n) is 3.44. The van der Waals surface area contributed by atoms with Gasteiger partial charge in [0.15, 0.2) is 5.82 Å². The van der Waals surface area contributed by atoms with Gasteiger partial charge in [0.2, 0.25) is 0 Å². The van der Waals surface area contributed by atoms with E-state index in [9.17, 15) is 0 Å². The third-order valence-electron chi connectivity index (χ3n) is 4.66. The number of nitriles is 1. The molecule has 0 amide bonds. The molecule has 0 unspecified atom stereocenters. The number of hydrogen-bond donors (Lipinski definition) is 1. The zero-order valence-electron chi connectivity index (χ0n) is 13.9. The Morgan fingerprint density at radius 1 is 1.16 bits per heavy atom. The molecule has 2 heterocycles. The minimum Gasteiger partial charge on any atom is -0.289 e. The number of rotatable bonds is 4. The molecule has 1 aliphatic heterocycles. The molecule has 124 valence electrons. The van der Waals surface area contributed by atoms with Gasteiger partial charge in [0.1, 0.15) is 5.82 Å². The summed E-state index contributed by atoms with van der Waals surface area (Å²) in [6, 6.07) is 20.3. The lowest BCUT2D eigenvalue weighted by atomic mass is 10.1. The van der Waals surface area contributed by atoms with Crippen molar-refractivity contribution in [2.75, 3.05) is 6.54 Å². The summed E-state index contributed by atoms with van der Waals surface area (Å²) in [7, 11) is 0. The van der Waals surface area contributed by atoms with Crippen LogP contribution in [0.5, 0.6) is 0 Å². The molecule has 0 aliphatic carbocycles. The predicted octanol–water partition coefficient (Wildman–Crippen LogP) is 3.68. The maximum absolute atomic E-state index is 9.08. The van der Waals surface area contributed by atoms with Gasteiger partial charge in [0.25, 0.3) is 0 Å². The van der Waals surface area contributed by atoms with Crippen molar-refractivity contribution in [1.82, 2.24) is 20.1 Å². The van der Waals surface area contributed by atoms with Gasteiger partial charge in [-0.3, -0.25) is 10.00 Å². The lowest BCUT2D eigenvalue weighted by Crippen LogP contribution is -2.23. The standard InChI is InChI=1S/C20H19N5/c21-13-15-6-4-7-16(12-15)14-25-11-5-10-18(25)20-22-19(23-24-20)17-8-2-1-3-9-17/h1-4,6-9,12,18H,5,10-11,14H2,(H,22,23,24)/t18-/m0/s1. The molecule has 0 saturated carbocycles. The van der Waals surface area contributed by atoms with Gasteiger partial charge in [-0.05, 0) is 37.1 Å². The van der Waals surface area contributed by atoms with Crippen LogP contribution in [0.2, 0.25) is 0 Å². The third-order valence-corrected chi connectivity index (χ3v) is 4.66. The van der Waals surface area contributed by atoms with E-state index in [1.54, 1.807) is 0 Å². The molecular weight excluding hydrogens is 310 g/mol. The summed E-state index contributed by atoms with van der Waals surface area (Å²) in [5, 5.41) is 16.6. The largest absolute Gasteiger partial charge is 0.289 e. The molecule has 1 aliphatic rings. The summed E-state index contributed by atoms with van der Waals surface area (Å²) >= 11 is 0. The van der Waals surface area contributed by atoms with Gasteiger partial charge in [-0.15, -0.1) is 0 Å². The normalized spacial score (nSPS) is 17.5. The van der Waals surface area contributed by atoms with Gasteiger partial charge in [0, 0.05) is 12.1 Å². The first-order chi connectivity index (χ1) is 12.3. The van der Waals surface area contributed by atoms with Crippen LogP contribution in [0.15, 0.2) is 54.6 Å². The lowest BCUT2D eigenvalue weighted by Gasteiger charge is -2.22. The zero-order chi connectivity index (χ0) is 17.1. The maximum Gasteiger partial charge on any atom is 0.181 e. The van der Waals surface area contributed by atoms with Gasteiger partial charge >= 0.3 is 0 Å². The molecule has 4 rings (SSSR count). The van der Waals surface area contributed by atoms with Crippen LogP contribution >= 0.6 is 0 Å². The molecule has 5 nitrogen and oxygen atoms in total. The van der Waals surface area contributed by atoms with E-state index in [0.29, 0.717) is 5.56 Å². The van der Waals surface area contributed by atoms with Crippen LogP contribution in [-0.4, -0.2) is 26.6 Å². The van der Waals surface area contributed by atoms with Crippen molar-refractivity contribution in [3.8, 4) is 17.5 Å². The predicted molar refractivity (Wildman–Crippen MR) is 95.4 cm³/mol. The molecule has 2 aromatic carbocycles. The first-order valence-corrected chi connectivity index (χ1v) is 8.54. The van der Waals surface area contributed by atoms with E-state index in [-0.39, 0.29) is 6.04 Å². The van der Waals surface area contributed by atoms with Crippen LogP contribution in [-0.2, 0) is 6.54 Å². The molecule has 3 aromatic rings. The van der Waals surface area contributed by atoms with E-state index >= 15 is 0 Å². The molecule has 0 radical (unpaired) electrons. The first-order valence-electron chi connectivity index (χ1n) is 8.54. The van der Waals surface area contributed by atoms with Crippen molar-refractivity contribution < 1.29 is 0 Å². The zero-order valence-corrected chi connectivity index (χ0v) is 13.9. The highest BCUT2D eigenvalue weighted by Crippen LogP contribution is 2.32. The van der Waals surface area contributed by atoms with Gasteiger partial charge in [-0.25, -0.2) is 4.98 Å². The summed E-state index contributed by atoms with van der Waals surface area (Å²) in [5.74, 6) is 1.67. The minimum atomic E-state index is 0.246. The highest BCUT2D eigenvalue weighted by molar-refractivity contribution is 5.53. The molecule has 0 bridgehead atoms. The van der Waals surface area contributed by atoms with Crippen molar-refractivity contribution in [3.05, 3.63) is 71.5 Å². The van der Waals surface area contributed by atoms with Gasteiger partial charge in [0.05, 0.1) is 17.7 Å². The third kappa shape index (κ3) is 3.30. The van der Waals surface area contributed by atoms with Gasteiger partial charge in [-0.2, -0.15) is 10.4 Å². The van der Waals surface area contributed by atoms with Crippen LogP contribution < -0.4 is 0 Å². The second kappa shape index (κ2) is 6.88. The van der Waals surface area contributed by atoms with Crippen LogP contribution in [0, 0.1) is 11.3 Å². The number of aromatic nitrogens is 3. The fraction of sp³-hybridized carbons (Fsp3) is 0.250. The number of nitrogens with one attached hydrogen (secondary N) is 1. The smallest absolute Gasteiger partial charge is 0.181 e. The van der Waals surface area contributed by atoms with Crippen LogP contribution in [0.4, 0.5) is 0 Å². The number of aromatic amines is 1. The summed E-state index contributed by atoms with van der Waals surface area (Å²) in [4.78, 5) is 7.14. The Balaban J connectivity index is 1.54. The Hall–Kier alpha value is -2.97. The highest BCUT2D eigenvalue weighted by Gasteiger charge is 2.28. The molecule has 5 heteroatoms. The molecule has 1 aromatic heterocycles. The minimum absolute atomic E-state index is 0.246. The van der Waals surface area contributed by atoms with E-state index < -0.39 is 0 Å². The summed E-state index contributed by atoms with van der Waals surface area (Å²) in [6.45, 7) is 1.85. The topological polar surface area (TPSA) is 68.6 Å². The summed E-state index contributed by atoms with van der Waals surface area (Å²) < 4.78 is 0. The second-order valence-electron chi connectivity index (χ2n) is 6.35. The Morgan fingerprint density at radius 2 is 2.04 bits per heavy atom. The number of hydrogen-bond acceptors (Lipinski definition) is 4. The number of H-pyrrole nitrogens is 1. The first kappa shape index (κ1) is 15.6. The summed E-state index contributed by atoms with van der Waals surface area (Å²) in [5.41, 5.74) is 2.89. The monoisotopic (exact) mass is 329 g/mol. The Labute approximate surface area is 146 Å². The van der Waals surface area contributed by atoms with E-state index in [0.717, 1.165) is 48.7 Å². The maximum atomic E-state index is 9.08. The van der Waals surface area contributed by atoms with Crippen molar-refractivity contribution in [2.45, 2.75) is 25.4 Å². The van der Waals surface area contributed by atoms with Crippen LogP contribution in [0.3, 0.4) is 0 Å². The van der Waals surface area contributed by atoms with E-state index in [1.165, 1.54) is 0 Å². The SMILES string of the molecule is N#Cc1cccc(CN2CCC[C@H]2c2nc(-c3ccccc3)n[nH]2)c1. The molecule has 1 atom stereocenters. The average molecular weight is 329 g/mol. The van der Waals surface area contributed by atoms with Crippen molar-refractivity contribution in [3.63, 3.8) is 0 Å². The summed E-state index contributed by atoms with van der Waals surface area (Å²) in [6.07, 6.45) is 2.21. The fourth-order valence-corrected chi connectivity index (χ4v) is 3.44. The molecule has 1 fully saturated rings. The van der Waals surface area contributed by atoms with E-state index in [1.807, 2.05) is 48.5 Å². The van der Waals surface area contributed by atoms with Gasteiger partial charge < -0.3 is 0 Å². The lowest BCUT2D eigenvalue weighted by molar-refractivity contribution is 0.240. The highest BCUT2D eigenvalue weighted by atomic mass is 15.3. The molecule has 1 saturated heterocycles. The Kier molecular flexibility index (Phi) is 4.28. The molecular formula is C20H19N5. The molecule has 25 heavy (non-hydrogen) atoms. The second-order valence-corrected chi connectivity index (χ2v) is 6.35. The van der Waals surface area contributed by atoms with E-state index in [2.05, 4.69) is 27.2 Å². The van der Waals surface area contributed by atoms with Crippen molar-refractivity contribution >= 4 is 0 Å². The Bertz CT molecular complexity index is 894. The number of likely N-dealkylation sites (tertiary alicyclic amines) is 1. The van der Waals surface area contributed by atoms with Gasteiger partial charge in [-0.1, -0.05) is 42.5 Å². The van der Waals surface area contributed by atoms with Crippen LogP contribution in [0.1, 0.15) is 35.8 Å². The Morgan fingerprint density at radius 3 is 2.88 bits per heavy atom. The van der Waals surface area contributed by atoms with Crippen LogP contribution in [0.25, 0.3) is 11.4 Å². The quantitative estimate of drug-likeness (QED) is 0.793. The van der Waals surface area contributed by atoms with E-state index in [4.69, 9.17) is 10.2 Å². The molecule has 1 N–H and O–H groups in total.